The second-order valence-corrected chi connectivity index (χ2v) is 4.03. The molecule has 0 aliphatic carbocycles. The van der Waals surface area contributed by atoms with Crippen molar-refractivity contribution in [2.24, 2.45) is 0 Å². The van der Waals surface area contributed by atoms with Gasteiger partial charge in [-0.25, -0.2) is 8.78 Å². The molecule has 0 aliphatic heterocycles. The predicted octanol–water partition coefficient (Wildman–Crippen LogP) is 3.86. The lowest BCUT2D eigenvalue weighted by molar-refractivity contribution is -0.385. The fraction of sp³-hybridized carbons (Fsp3) is 0.400. The van der Waals surface area contributed by atoms with Gasteiger partial charge in [-0.3, -0.25) is 10.1 Å². The molecule has 88 valence electrons. The third-order valence-electron chi connectivity index (χ3n) is 2.14. The molecule has 0 N–H and O–H groups in total. The topological polar surface area (TPSA) is 43.1 Å². The third kappa shape index (κ3) is 3.23. The largest absolute Gasteiger partial charge is 0.273 e. The number of halogens is 3. The lowest BCUT2D eigenvalue weighted by Crippen LogP contribution is -1.98. The van der Waals surface area contributed by atoms with E-state index in [9.17, 15) is 18.9 Å². The number of alkyl halides is 3. The standard InChI is InChI=1S/C10H10BrF2NO2/c11-5-1-2-7-3-4-8(10(12)13)6-9(7)14(15)16/h3-4,6,10H,1-2,5H2. The van der Waals surface area contributed by atoms with Crippen LogP contribution in [0.2, 0.25) is 0 Å². The average molecular weight is 294 g/mol. The Morgan fingerprint density at radius 1 is 1.44 bits per heavy atom. The van der Waals surface area contributed by atoms with Gasteiger partial charge in [-0.15, -0.1) is 0 Å². The molecule has 1 aromatic carbocycles. The monoisotopic (exact) mass is 293 g/mol. The zero-order chi connectivity index (χ0) is 12.1. The second kappa shape index (κ2) is 5.89. The van der Waals surface area contributed by atoms with Crippen molar-refractivity contribution in [2.75, 3.05) is 5.33 Å². The van der Waals surface area contributed by atoms with Crippen LogP contribution in [0.15, 0.2) is 18.2 Å². The van der Waals surface area contributed by atoms with Crippen molar-refractivity contribution in [3.8, 4) is 0 Å². The smallest absolute Gasteiger partial charge is 0.258 e. The van der Waals surface area contributed by atoms with E-state index in [1.807, 2.05) is 0 Å². The molecule has 1 aromatic rings. The fourth-order valence-corrected chi connectivity index (χ4v) is 1.64. The number of nitrogens with zero attached hydrogens (tertiary/aromatic N) is 1. The van der Waals surface area contributed by atoms with Gasteiger partial charge in [-0.2, -0.15) is 0 Å². The summed E-state index contributed by atoms with van der Waals surface area (Å²) in [5.41, 5.74) is -0.0399. The lowest BCUT2D eigenvalue weighted by Gasteiger charge is -2.04. The van der Waals surface area contributed by atoms with Crippen LogP contribution in [0.25, 0.3) is 0 Å². The van der Waals surface area contributed by atoms with Crippen LogP contribution in [0.1, 0.15) is 24.0 Å². The molecule has 0 saturated heterocycles. The first kappa shape index (κ1) is 13.0. The maximum atomic E-state index is 12.4. The molecular weight excluding hydrogens is 284 g/mol. The van der Waals surface area contributed by atoms with Gasteiger partial charge in [0.05, 0.1) is 4.92 Å². The highest BCUT2D eigenvalue weighted by molar-refractivity contribution is 9.09. The summed E-state index contributed by atoms with van der Waals surface area (Å²) in [5, 5.41) is 11.4. The molecule has 0 saturated carbocycles. The van der Waals surface area contributed by atoms with Crippen molar-refractivity contribution < 1.29 is 13.7 Å². The van der Waals surface area contributed by atoms with Crippen molar-refractivity contribution in [3.63, 3.8) is 0 Å². The Balaban J connectivity index is 3.04. The third-order valence-corrected chi connectivity index (χ3v) is 2.70. The molecule has 0 aromatic heterocycles. The molecule has 0 heterocycles. The molecule has 0 bridgehead atoms. The molecule has 0 aliphatic rings. The molecule has 1 rings (SSSR count). The Bertz CT molecular complexity index is 385. The zero-order valence-corrected chi connectivity index (χ0v) is 9.91. The van der Waals surface area contributed by atoms with Crippen LogP contribution in [0.4, 0.5) is 14.5 Å². The van der Waals surface area contributed by atoms with Gasteiger partial charge in [0.2, 0.25) is 0 Å². The van der Waals surface area contributed by atoms with Gasteiger partial charge in [-0.05, 0) is 12.8 Å². The van der Waals surface area contributed by atoms with E-state index in [-0.39, 0.29) is 11.3 Å². The quantitative estimate of drug-likeness (QED) is 0.470. The first-order valence-electron chi connectivity index (χ1n) is 4.67. The second-order valence-electron chi connectivity index (χ2n) is 3.24. The number of aryl methyl sites for hydroxylation is 1. The van der Waals surface area contributed by atoms with Crippen LogP contribution in [0.3, 0.4) is 0 Å². The SMILES string of the molecule is O=[N+]([O-])c1cc(C(F)F)ccc1CCCBr. The van der Waals surface area contributed by atoms with Gasteiger partial charge in [0.25, 0.3) is 12.1 Å². The summed E-state index contributed by atoms with van der Waals surface area (Å²) in [6.07, 6.45) is -1.44. The number of hydrogen-bond acceptors (Lipinski definition) is 2. The normalized spacial score (nSPS) is 10.8. The summed E-state index contributed by atoms with van der Waals surface area (Å²) in [4.78, 5) is 10.1. The van der Waals surface area contributed by atoms with Gasteiger partial charge in [0, 0.05) is 22.5 Å². The van der Waals surface area contributed by atoms with Crippen molar-refractivity contribution in [2.45, 2.75) is 19.3 Å². The molecule has 0 fully saturated rings. The van der Waals surface area contributed by atoms with Crippen molar-refractivity contribution in [1.82, 2.24) is 0 Å². The highest BCUT2D eigenvalue weighted by Crippen LogP contribution is 2.27. The molecular formula is C10H10BrF2NO2. The van der Waals surface area contributed by atoms with E-state index in [1.54, 1.807) is 0 Å². The molecule has 16 heavy (non-hydrogen) atoms. The molecule has 6 heteroatoms. The van der Waals surface area contributed by atoms with E-state index >= 15 is 0 Å². The van der Waals surface area contributed by atoms with Crippen LogP contribution in [-0.4, -0.2) is 10.3 Å². The van der Waals surface area contributed by atoms with Crippen LogP contribution in [0, 0.1) is 10.1 Å². The van der Waals surface area contributed by atoms with Crippen LogP contribution >= 0.6 is 15.9 Å². The number of nitro groups is 1. The maximum Gasteiger partial charge on any atom is 0.273 e. The Morgan fingerprint density at radius 3 is 2.62 bits per heavy atom. The van der Waals surface area contributed by atoms with E-state index in [1.165, 1.54) is 12.1 Å². The zero-order valence-electron chi connectivity index (χ0n) is 8.33. The number of hydrogen-bond donors (Lipinski definition) is 0. The Morgan fingerprint density at radius 2 is 2.12 bits per heavy atom. The Hall–Kier alpha value is -1.04. The minimum atomic E-state index is -2.68. The number of nitro benzene ring substituents is 1. The predicted molar refractivity (Wildman–Crippen MR) is 60.2 cm³/mol. The van der Waals surface area contributed by atoms with E-state index in [0.717, 1.165) is 17.8 Å². The van der Waals surface area contributed by atoms with Crippen LogP contribution in [-0.2, 0) is 6.42 Å². The lowest BCUT2D eigenvalue weighted by atomic mass is 10.1. The first-order valence-corrected chi connectivity index (χ1v) is 5.79. The summed E-state index contributed by atoms with van der Waals surface area (Å²) < 4.78 is 24.7. The Kier molecular flexibility index (Phi) is 4.79. The van der Waals surface area contributed by atoms with Gasteiger partial charge in [0.1, 0.15) is 0 Å². The molecule has 0 spiro atoms. The summed E-state index contributed by atoms with van der Waals surface area (Å²) >= 11 is 3.22. The number of rotatable bonds is 5. The minimum Gasteiger partial charge on any atom is -0.258 e. The summed E-state index contributed by atoms with van der Waals surface area (Å²) in [6.45, 7) is 0. The molecule has 0 unspecified atom stereocenters. The van der Waals surface area contributed by atoms with Crippen molar-refractivity contribution >= 4 is 21.6 Å². The first-order chi connectivity index (χ1) is 7.56. The molecule has 0 radical (unpaired) electrons. The number of benzene rings is 1. The summed E-state index contributed by atoms with van der Waals surface area (Å²) in [7, 11) is 0. The van der Waals surface area contributed by atoms with Gasteiger partial charge >= 0.3 is 0 Å². The van der Waals surface area contributed by atoms with Gasteiger partial charge in [0.15, 0.2) is 0 Å². The highest BCUT2D eigenvalue weighted by Gasteiger charge is 2.17. The van der Waals surface area contributed by atoms with Crippen LogP contribution in [0.5, 0.6) is 0 Å². The van der Waals surface area contributed by atoms with E-state index in [4.69, 9.17) is 0 Å². The van der Waals surface area contributed by atoms with E-state index in [2.05, 4.69) is 15.9 Å². The average Bonchev–Trinajstić information content (AvgIpc) is 2.25. The van der Waals surface area contributed by atoms with Crippen molar-refractivity contribution in [3.05, 3.63) is 39.4 Å². The Labute approximate surface area is 99.7 Å². The van der Waals surface area contributed by atoms with Crippen LogP contribution < -0.4 is 0 Å². The maximum absolute atomic E-state index is 12.4. The molecule has 3 nitrogen and oxygen atoms in total. The fourth-order valence-electron chi connectivity index (χ4n) is 1.36. The summed E-state index contributed by atoms with van der Waals surface area (Å²) in [6, 6.07) is 3.59. The van der Waals surface area contributed by atoms with E-state index in [0.29, 0.717) is 12.0 Å². The van der Waals surface area contributed by atoms with Gasteiger partial charge in [-0.1, -0.05) is 28.1 Å². The highest BCUT2D eigenvalue weighted by atomic mass is 79.9. The van der Waals surface area contributed by atoms with E-state index < -0.39 is 11.3 Å². The van der Waals surface area contributed by atoms with Gasteiger partial charge < -0.3 is 0 Å². The molecule has 0 atom stereocenters. The summed E-state index contributed by atoms with van der Waals surface area (Å²) in [5.74, 6) is 0. The van der Waals surface area contributed by atoms with Crippen molar-refractivity contribution in [1.29, 1.82) is 0 Å². The minimum absolute atomic E-state index is 0.223. The molecule has 0 amide bonds.